The van der Waals surface area contributed by atoms with E-state index in [-0.39, 0.29) is 11.5 Å². The van der Waals surface area contributed by atoms with Crippen molar-refractivity contribution in [2.45, 2.75) is 51.0 Å². The van der Waals surface area contributed by atoms with Gasteiger partial charge in [-0.25, -0.2) is 4.79 Å². The Bertz CT molecular complexity index is 578. The van der Waals surface area contributed by atoms with Crippen LogP contribution in [0.4, 0.5) is 0 Å². The van der Waals surface area contributed by atoms with Crippen molar-refractivity contribution in [3.63, 3.8) is 0 Å². The first kappa shape index (κ1) is 14.2. The van der Waals surface area contributed by atoms with Crippen LogP contribution in [0.15, 0.2) is 30.3 Å². The topological polar surface area (TPSA) is 38.3 Å². The first-order chi connectivity index (χ1) is 10.1. The van der Waals surface area contributed by atoms with E-state index in [0.717, 1.165) is 17.7 Å². The predicted molar refractivity (Wildman–Crippen MR) is 83.8 cm³/mol. The van der Waals surface area contributed by atoms with E-state index in [4.69, 9.17) is 4.74 Å². The Morgan fingerprint density at radius 2 is 2.24 bits per heavy atom. The van der Waals surface area contributed by atoms with E-state index in [2.05, 4.69) is 30.4 Å². The summed E-state index contributed by atoms with van der Waals surface area (Å²) < 4.78 is 5.07. The third-order valence-corrected chi connectivity index (χ3v) is 4.80. The number of esters is 1. The van der Waals surface area contributed by atoms with Crippen LogP contribution in [0.1, 0.15) is 56.6 Å². The van der Waals surface area contributed by atoms with E-state index in [0.29, 0.717) is 12.5 Å². The summed E-state index contributed by atoms with van der Waals surface area (Å²) in [7, 11) is 0. The number of hydrogen-bond donors (Lipinski definition) is 1. The lowest BCUT2D eigenvalue weighted by Gasteiger charge is -2.48. The third-order valence-electron chi connectivity index (χ3n) is 4.80. The average molecular weight is 285 g/mol. The molecule has 2 atom stereocenters. The van der Waals surface area contributed by atoms with Crippen LogP contribution in [0, 0.1) is 0 Å². The predicted octanol–water partition coefficient (Wildman–Crippen LogP) is 3.61. The second-order valence-electron chi connectivity index (χ2n) is 6.24. The van der Waals surface area contributed by atoms with Crippen LogP contribution >= 0.6 is 0 Å². The second kappa shape index (κ2) is 5.55. The number of carbonyl (C=O) groups excluding carboxylic acids is 1. The molecule has 1 aliphatic carbocycles. The largest absolute Gasteiger partial charge is 0.463 e. The Hall–Kier alpha value is -1.77. The summed E-state index contributed by atoms with van der Waals surface area (Å²) in [5.41, 5.74) is 3.47. The average Bonchev–Trinajstić information content (AvgIpc) is 2.47. The van der Waals surface area contributed by atoms with Gasteiger partial charge in [-0.1, -0.05) is 37.1 Å². The fourth-order valence-electron chi connectivity index (χ4n) is 3.82. The highest BCUT2D eigenvalue weighted by Gasteiger charge is 2.42. The molecular weight excluding hydrogens is 262 g/mol. The first-order valence-corrected chi connectivity index (χ1v) is 7.90. The fraction of sp³-hybridized carbons (Fsp3) is 0.500. The van der Waals surface area contributed by atoms with Gasteiger partial charge in [0, 0.05) is 28.8 Å². The molecule has 3 heteroatoms. The minimum Gasteiger partial charge on any atom is -0.463 e. The van der Waals surface area contributed by atoms with Gasteiger partial charge in [0.15, 0.2) is 0 Å². The van der Waals surface area contributed by atoms with Gasteiger partial charge in [-0.2, -0.15) is 0 Å². The number of nitrogens with one attached hydrogen (secondary N) is 1. The molecule has 2 aliphatic rings. The van der Waals surface area contributed by atoms with Crippen LogP contribution in [0.2, 0.25) is 0 Å². The van der Waals surface area contributed by atoms with Gasteiger partial charge in [0.2, 0.25) is 0 Å². The summed E-state index contributed by atoms with van der Waals surface area (Å²) in [6.45, 7) is 4.52. The van der Waals surface area contributed by atoms with Crippen LogP contribution < -0.4 is 5.32 Å². The maximum atomic E-state index is 11.8. The minimum absolute atomic E-state index is 0.0466. The van der Waals surface area contributed by atoms with Crippen LogP contribution in [0.5, 0.6) is 0 Å². The molecule has 1 aromatic carbocycles. The van der Waals surface area contributed by atoms with Crippen molar-refractivity contribution < 1.29 is 9.53 Å². The number of carbonyl (C=O) groups is 1. The van der Waals surface area contributed by atoms with E-state index in [9.17, 15) is 4.79 Å². The molecule has 1 heterocycles. The lowest BCUT2D eigenvalue weighted by Crippen LogP contribution is -2.51. The maximum absolute atomic E-state index is 11.8. The molecule has 0 unspecified atom stereocenters. The summed E-state index contributed by atoms with van der Waals surface area (Å²) in [5.74, 6) is 0.259. The minimum atomic E-state index is -0.271. The molecule has 0 saturated heterocycles. The Morgan fingerprint density at radius 3 is 3.05 bits per heavy atom. The molecule has 1 N–H and O–H groups in total. The second-order valence-corrected chi connectivity index (χ2v) is 6.24. The monoisotopic (exact) mass is 285 g/mol. The van der Waals surface area contributed by atoms with Gasteiger partial charge in [-0.3, -0.25) is 0 Å². The van der Waals surface area contributed by atoms with Crippen LogP contribution in [0.25, 0.3) is 5.70 Å². The molecule has 1 aromatic rings. The van der Waals surface area contributed by atoms with Gasteiger partial charge in [0.25, 0.3) is 0 Å². The zero-order valence-corrected chi connectivity index (χ0v) is 12.8. The van der Waals surface area contributed by atoms with Gasteiger partial charge in [0.1, 0.15) is 0 Å². The first-order valence-electron chi connectivity index (χ1n) is 7.90. The van der Waals surface area contributed by atoms with Gasteiger partial charge in [-0.15, -0.1) is 0 Å². The van der Waals surface area contributed by atoms with Crippen molar-refractivity contribution in [1.82, 2.24) is 5.32 Å². The number of hydrogen-bond acceptors (Lipinski definition) is 3. The highest BCUT2D eigenvalue weighted by Crippen LogP contribution is 2.47. The molecule has 112 valence electrons. The summed E-state index contributed by atoms with van der Waals surface area (Å²) in [5, 5.41) is 3.64. The SMILES string of the molecule is CCOC(=O)/C=C1\N[C@]2(C)CCCC[C@H]2c2ccccc21. The molecule has 1 fully saturated rings. The zero-order chi connectivity index (χ0) is 14.9. The fourth-order valence-corrected chi connectivity index (χ4v) is 3.82. The molecule has 1 aliphatic heterocycles. The van der Waals surface area contributed by atoms with Crippen LogP contribution in [0.3, 0.4) is 0 Å². The molecule has 3 nitrogen and oxygen atoms in total. The molecule has 3 rings (SSSR count). The summed E-state index contributed by atoms with van der Waals surface area (Å²) in [6.07, 6.45) is 6.50. The molecule has 0 spiro atoms. The standard InChI is InChI=1S/C18H23NO2/c1-3-21-17(20)12-16-14-9-5-4-8-13(14)15-10-6-7-11-18(15,2)19-16/h4-5,8-9,12,15,19H,3,6-7,10-11H2,1-2H3/b16-12-/t15-,18+/m0/s1. The van der Waals surface area contributed by atoms with Crippen molar-refractivity contribution in [1.29, 1.82) is 0 Å². The third kappa shape index (κ3) is 2.57. The summed E-state index contributed by atoms with van der Waals surface area (Å²) in [6, 6.07) is 8.44. The molecule has 1 saturated carbocycles. The number of ether oxygens (including phenoxy) is 1. The smallest absolute Gasteiger partial charge is 0.332 e. The van der Waals surface area contributed by atoms with Crippen molar-refractivity contribution in [2.75, 3.05) is 6.61 Å². The van der Waals surface area contributed by atoms with Crippen molar-refractivity contribution in [2.24, 2.45) is 0 Å². The quantitative estimate of drug-likeness (QED) is 0.666. The summed E-state index contributed by atoms with van der Waals surface area (Å²) >= 11 is 0. The molecule has 0 bridgehead atoms. The van der Waals surface area contributed by atoms with E-state index in [1.807, 2.05) is 13.0 Å². The molecule has 0 amide bonds. The highest BCUT2D eigenvalue weighted by atomic mass is 16.5. The summed E-state index contributed by atoms with van der Waals surface area (Å²) in [4.78, 5) is 11.8. The lowest BCUT2D eigenvalue weighted by atomic mass is 9.67. The van der Waals surface area contributed by atoms with E-state index < -0.39 is 0 Å². The van der Waals surface area contributed by atoms with Gasteiger partial charge < -0.3 is 10.1 Å². The van der Waals surface area contributed by atoms with Crippen LogP contribution in [-0.2, 0) is 9.53 Å². The van der Waals surface area contributed by atoms with Crippen molar-refractivity contribution in [3.05, 3.63) is 41.5 Å². The Kier molecular flexibility index (Phi) is 3.75. The van der Waals surface area contributed by atoms with E-state index >= 15 is 0 Å². The van der Waals surface area contributed by atoms with Gasteiger partial charge in [-0.05, 0) is 32.3 Å². The number of rotatable bonds is 2. The van der Waals surface area contributed by atoms with E-state index in [1.165, 1.54) is 24.8 Å². The zero-order valence-electron chi connectivity index (χ0n) is 12.8. The van der Waals surface area contributed by atoms with Crippen molar-refractivity contribution >= 4 is 11.7 Å². The van der Waals surface area contributed by atoms with Crippen molar-refractivity contribution in [3.8, 4) is 0 Å². The number of fused-ring (bicyclic) bond motifs is 3. The molecule has 0 radical (unpaired) electrons. The molecular formula is C18H23NO2. The van der Waals surface area contributed by atoms with E-state index in [1.54, 1.807) is 6.08 Å². The Morgan fingerprint density at radius 1 is 1.43 bits per heavy atom. The Balaban J connectivity index is 2.04. The van der Waals surface area contributed by atoms with Gasteiger partial charge >= 0.3 is 5.97 Å². The van der Waals surface area contributed by atoms with Gasteiger partial charge in [0.05, 0.1) is 6.61 Å². The number of benzene rings is 1. The maximum Gasteiger partial charge on any atom is 0.332 e. The highest BCUT2D eigenvalue weighted by molar-refractivity contribution is 5.92. The Labute approximate surface area is 126 Å². The normalized spacial score (nSPS) is 29.2. The van der Waals surface area contributed by atoms with Crippen LogP contribution in [-0.4, -0.2) is 18.1 Å². The molecule has 21 heavy (non-hydrogen) atoms. The lowest BCUT2D eigenvalue weighted by molar-refractivity contribution is -0.137. The molecule has 0 aromatic heterocycles.